The summed E-state index contributed by atoms with van der Waals surface area (Å²) in [5.41, 5.74) is 0. The summed E-state index contributed by atoms with van der Waals surface area (Å²) in [7, 11) is 0. The smallest absolute Gasteiger partial charge is 0.239 e. The number of nitrogens with zero attached hydrogens (tertiary/aromatic N) is 5. The van der Waals surface area contributed by atoms with E-state index in [-0.39, 0.29) is 5.25 Å². The van der Waals surface area contributed by atoms with Crippen LogP contribution in [-0.4, -0.2) is 24.9 Å². The molecule has 4 rings (SSSR count). The molecule has 1 fully saturated rings. The molecule has 3 aromatic rings. The summed E-state index contributed by atoms with van der Waals surface area (Å²) in [6.07, 6.45) is 5.13. The molecule has 0 bridgehead atoms. The Morgan fingerprint density at radius 2 is 2.28 bits per heavy atom. The van der Waals surface area contributed by atoms with E-state index in [1.54, 1.807) is 23.1 Å². The van der Waals surface area contributed by atoms with Crippen LogP contribution in [0.4, 0.5) is 0 Å². The first-order chi connectivity index (χ1) is 12.2. The molecule has 0 spiro atoms. The summed E-state index contributed by atoms with van der Waals surface area (Å²) in [5, 5.41) is 16.1. The Bertz CT molecular complexity index is 822. The fraction of sp³-hybridized carbons (Fsp3) is 0.529. The van der Waals surface area contributed by atoms with Crippen molar-refractivity contribution in [1.82, 2.24) is 24.9 Å². The highest BCUT2D eigenvalue weighted by molar-refractivity contribution is 7.99. The number of aromatic nitrogens is 5. The first-order valence-corrected chi connectivity index (χ1v) is 10.5. The molecule has 0 aromatic carbocycles. The van der Waals surface area contributed by atoms with Gasteiger partial charge in [-0.1, -0.05) is 29.9 Å². The number of thioether (sulfide) groups is 1. The van der Waals surface area contributed by atoms with Crippen LogP contribution in [0.1, 0.15) is 66.8 Å². The third-order valence-electron chi connectivity index (χ3n) is 4.15. The first-order valence-electron chi connectivity index (χ1n) is 8.70. The maximum Gasteiger partial charge on any atom is 0.239 e. The molecular weight excluding hydrogens is 354 g/mol. The lowest BCUT2D eigenvalue weighted by molar-refractivity contribution is 0.374. The van der Waals surface area contributed by atoms with E-state index in [0.717, 1.165) is 36.1 Å². The lowest BCUT2D eigenvalue weighted by Gasteiger charge is -2.10. The van der Waals surface area contributed by atoms with Crippen molar-refractivity contribution in [3.05, 3.63) is 39.9 Å². The minimum atomic E-state index is 0.0643. The maximum atomic E-state index is 5.42. The Morgan fingerprint density at radius 1 is 1.40 bits per heavy atom. The van der Waals surface area contributed by atoms with Crippen molar-refractivity contribution in [3.63, 3.8) is 0 Å². The zero-order valence-electron chi connectivity index (χ0n) is 14.4. The van der Waals surface area contributed by atoms with Gasteiger partial charge in [-0.2, -0.15) is 4.98 Å². The number of hydrogen-bond donors (Lipinski definition) is 0. The van der Waals surface area contributed by atoms with Gasteiger partial charge in [0.05, 0.1) is 5.25 Å². The Hall–Kier alpha value is -1.67. The monoisotopic (exact) mass is 375 g/mol. The van der Waals surface area contributed by atoms with E-state index in [1.165, 1.54) is 17.7 Å². The summed E-state index contributed by atoms with van der Waals surface area (Å²) in [6.45, 7) is 4.19. The van der Waals surface area contributed by atoms with Crippen LogP contribution in [0.3, 0.4) is 0 Å². The van der Waals surface area contributed by atoms with Crippen LogP contribution < -0.4 is 0 Å². The fourth-order valence-corrected chi connectivity index (χ4v) is 4.41. The lowest BCUT2D eigenvalue weighted by Crippen LogP contribution is -2.04. The number of rotatable bonds is 8. The Labute approximate surface area is 155 Å². The quantitative estimate of drug-likeness (QED) is 0.542. The van der Waals surface area contributed by atoms with Gasteiger partial charge < -0.3 is 9.09 Å². The van der Waals surface area contributed by atoms with Crippen LogP contribution in [0.5, 0.6) is 0 Å². The molecule has 1 aliphatic carbocycles. The van der Waals surface area contributed by atoms with E-state index < -0.39 is 0 Å². The highest BCUT2D eigenvalue weighted by atomic mass is 32.2. The minimum Gasteiger partial charge on any atom is -0.338 e. The predicted molar refractivity (Wildman–Crippen MR) is 98.0 cm³/mol. The van der Waals surface area contributed by atoms with Crippen molar-refractivity contribution in [3.8, 4) is 0 Å². The van der Waals surface area contributed by atoms with Crippen molar-refractivity contribution in [2.75, 3.05) is 0 Å². The molecule has 0 radical (unpaired) electrons. The molecule has 0 aliphatic heterocycles. The molecule has 1 saturated carbocycles. The van der Waals surface area contributed by atoms with E-state index in [1.807, 2.05) is 0 Å². The van der Waals surface area contributed by atoms with Gasteiger partial charge in [-0.25, -0.2) is 0 Å². The highest BCUT2D eigenvalue weighted by Gasteiger charge is 2.31. The van der Waals surface area contributed by atoms with Crippen molar-refractivity contribution in [1.29, 1.82) is 0 Å². The summed E-state index contributed by atoms with van der Waals surface area (Å²) < 4.78 is 7.73. The van der Waals surface area contributed by atoms with Crippen LogP contribution in [0.25, 0.3) is 0 Å². The summed E-state index contributed by atoms with van der Waals surface area (Å²) in [4.78, 5) is 5.82. The van der Waals surface area contributed by atoms with Crippen LogP contribution in [0, 0.1) is 0 Å². The third-order valence-corrected chi connectivity index (χ3v) is 6.07. The molecule has 3 aromatic heterocycles. The largest absolute Gasteiger partial charge is 0.338 e. The van der Waals surface area contributed by atoms with Crippen LogP contribution in [-0.2, 0) is 12.8 Å². The molecule has 1 aliphatic rings. The van der Waals surface area contributed by atoms with Gasteiger partial charge in [0.2, 0.25) is 5.89 Å². The molecule has 0 N–H and O–H groups in total. The van der Waals surface area contributed by atoms with Crippen LogP contribution in [0.2, 0.25) is 0 Å². The van der Waals surface area contributed by atoms with E-state index >= 15 is 0 Å². The van der Waals surface area contributed by atoms with Gasteiger partial charge in [0.1, 0.15) is 5.82 Å². The molecule has 3 heterocycles. The van der Waals surface area contributed by atoms with Gasteiger partial charge >= 0.3 is 0 Å². The second kappa shape index (κ2) is 7.29. The van der Waals surface area contributed by atoms with Gasteiger partial charge in [-0.15, -0.1) is 21.5 Å². The number of hydrogen-bond acceptors (Lipinski definition) is 7. The Kier molecular flexibility index (Phi) is 4.89. The van der Waals surface area contributed by atoms with E-state index in [4.69, 9.17) is 4.52 Å². The van der Waals surface area contributed by atoms with E-state index in [9.17, 15) is 0 Å². The average molecular weight is 376 g/mol. The zero-order valence-corrected chi connectivity index (χ0v) is 16.0. The summed E-state index contributed by atoms with van der Waals surface area (Å²) in [5.74, 6) is 2.50. The second-order valence-corrected chi connectivity index (χ2v) is 8.66. The van der Waals surface area contributed by atoms with E-state index in [2.05, 4.69) is 56.3 Å². The molecular formula is C17H21N5OS2. The highest BCUT2D eigenvalue weighted by Crippen LogP contribution is 2.42. The molecule has 0 amide bonds. The normalized spacial score (nSPS) is 15.6. The molecule has 25 heavy (non-hydrogen) atoms. The fourth-order valence-electron chi connectivity index (χ4n) is 2.74. The SMILES string of the molecule is CCCc1noc(C(C)Sc2nnc(Cc3cccs3)n2C2CC2)n1. The number of thiophene rings is 1. The van der Waals surface area contributed by atoms with Crippen molar-refractivity contribution in [2.24, 2.45) is 0 Å². The Balaban J connectivity index is 1.52. The van der Waals surface area contributed by atoms with Gasteiger partial charge in [-0.3, -0.25) is 0 Å². The van der Waals surface area contributed by atoms with Crippen LogP contribution >= 0.6 is 23.1 Å². The van der Waals surface area contributed by atoms with Gasteiger partial charge in [0, 0.05) is 23.8 Å². The second-order valence-electron chi connectivity index (χ2n) is 6.32. The lowest BCUT2D eigenvalue weighted by atomic mass is 10.3. The third kappa shape index (κ3) is 3.79. The first kappa shape index (κ1) is 16.8. The minimum absolute atomic E-state index is 0.0643. The number of aryl methyl sites for hydroxylation is 1. The molecule has 8 heteroatoms. The summed E-state index contributed by atoms with van der Waals surface area (Å²) >= 11 is 3.42. The maximum absolute atomic E-state index is 5.42. The topological polar surface area (TPSA) is 69.6 Å². The van der Waals surface area contributed by atoms with E-state index in [0.29, 0.717) is 11.9 Å². The Morgan fingerprint density at radius 3 is 3.00 bits per heavy atom. The summed E-state index contributed by atoms with van der Waals surface area (Å²) in [6, 6.07) is 4.77. The zero-order chi connectivity index (χ0) is 17.2. The molecule has 0 saturated heterocycles. The van der Waals surface area contributed by atoms with Crippen molar-refractivity contribution < 1.29 is 4.52 Å². The van der Waals surface area contributed by atoms with Crippen LogP contribution in [0.15, 0.2) is 27.2 Å². The van der Waals surface area contributed by atoms with Gasteiger partial charge in [0.25, 0.3) is 0 Å². The predicted octanol–water partition coefficient (Wildman–Crippen LogP) is 4.45. The molecule has 6 nitrogen and oxygen atoms in total. The van der Waals surface area contributed by atoms with Gasteiger partial charge in [-0.05, 0) is 37.6 Å². The average Bonchev–Trinajstić information content (AvgIpc) is 3.02. The van der Waals surface area contributed by atoms with Crippen molar-refractivity contribution in [2.45, 2.75) is 62.4 Å². The molecule has 1 unspecified atom stereocenters. The van der Waals surface area contributed by atoms with Crippen molar-refractivity contribution >= 4 is 23.1 Å². The molecule has 1 atom stereocenters. The van der Waals surface area contributed by atoms with Gasteiger partial charge in [0.15, 0.2) is 11.0 Å². The molecule has 132 valence electrons. The standard InChI is InChI=1S/C17H21N5OS2/c1-3-5-14-18-16(23-21-14)11(2)25-17-20-19-15(22(17)12-7-8-12)10-13-6-4-9-24-13/h4,6,9,11-12H,3,5,7-8,10H2,1-2H3.